The maximum Gasteiger partial charge on any atom is 0.261 e. The number of carbonyl (C=O) groups excluding carboxylic acids is 1. The van der Waals surface area contributed by atoms with Crippen LogP contribution in [0.25, 0.3) is 6.08 Å². The molecule has 1 heterocycles. The number of hydrogen-bond acceptors (Lipinski definition) is 4. The lowest BCUT2D eigenvalue weighted by Crippen LogP contribution is -2.39. The van der Waals surface area contributed by atoms with Crippen LogP contribution in [0.5, 0.6) is 5.75 Å². The summed E-state index contributed by atoms with van der Waals surface area (Å²) in [5, 5.41) is 21.2. The lowest BCUT2D eigenvalue weighted by atomic mass is 9.99. The second-order valence-corrected chi connectivity index (χ2v) is 6.04. The number of amides is 1. The summed E-state index contributed by atoms with van der Waals surface area (Å²) in [4.78, 5) is 14.4. The van der Waals surface area contributed by atoms with Crippen molar-refractivity contribution in [1.29, 1.82) is 5.26 Å². The van der Waals surface area contributed by atoms with Crippen molar-refractivity contribution in [3.8, 4) is 11.8 Å². The highest BCUT2D eigenvalue weighted by Crippen LogP contribution is 2.15. The Morgan fingerprint density at radius 2 is 2.04 bits per heavy atom. The molecule has 122 valence electrons. The van der Waals surface area contributed by atoms with Crippen LogP contribution >= 0.6 is 0 Å². The number of likely N-dealkylation sites (tertiary alicyclic amines) is 1. The molecule has 1 amide bonds. The molecule has 5 heteroatoms. The minimum absolute atomic E-state index is 0.0722. The molecular formula is C18H23N3O2. The molecule has 0 spiro atoms. The predicted molar refractivity (Wildman–Crippen MR) is 89.5 cm³/mol. The zero-order chi connectivity index (χ0) is 16.7. The first-order chi connectivity index (χ1) is 11.1. The van der Waals surface area contributed by atoms with E-state index in [1.165, 1.54) is 31.1 Å². The number of piperidine rings is 1. The predicted octanol–water partition coefficient (Wildman–Crippen LogP) is 2.15. The molecule has 0 saturated carbocycles. The molecule has 0 atom stereocenters. The number of nitriles is 1. The van der Waals surface area contributed by atoms with Gasteiger partial charge in [0.1, 0.15) is 17.4 Å². The van der Waals surface area contributed by atoms with Crippen molar-refractivity contribution in [2.24, 2.45) is 5.92 Å². The first-order valence-electron chi connectivity index (χ1n) is 8.00. The molecule has 1 aliphatic rings. The number of hydrogen-bond donors (Lipinski definition) is 2. The number of nitrogens with zero attached hydrogens (tertiary/aromatic N) is 2. The number of aromatic hydroxyl groups is 1. The zero-order valence-electron chi connectivity index (χ0n) is 13.5. The first kappa shape index (κ1) is 17.0. The molecule has 2 rings (SSSR count). The Balaban J connectivity index is 1.83. The second-order valence-electron chi connectivity index (χ2n) is 6.04. The SMILES string of the molecule is CC1CCN(CCNC(=O)/C(C#N)=C/c2ccc(O)cc2)CC1. The van der Waals surface area contributed by atoms with Gasteiger partial charge in [-0.15, -0.1) is 0 Å². The molecule has 5 nitrogen and oxygen atoms in total. The van der Waals surface area contributed by atoms with Gasteiger partial charge in [0.05, 0.1) is 0 Å². The maximum absolute atomic E-state index is 12.1. The van der Waals surface area contributed by atoms with E-state index in [4.69, 9.17) is 5.26 Å². The fourth-order valence-electron chi connectivity index (χ4n) is 2.59. The van der Waals surface area contributed by atoms with Gasteiger partial charge in [0.15, 0.2) is 0 Å². The van der Waals surface area contributed by atoms with E-state index < -0.39 is 0 Å². The third kappa shape index (κ3) is 5.42. The average Bonchev–Trinajstić information content (AvgIpc) is 2.56. The van der Waals surface area contributed by atoms with Gasteiger partial charge in [-0.3, -0.25) is 4.79 Å². The van der Waals surface area contributed by atoms with Crippen molar-refractivity contribution in [1.82, 2.24) is 10.2 Å². The number of benzene rings is 1. The van der Waals surface area contributed by atoms with E-state index in [9.17, 15) is 9.90 Å². The van der Waals surface area contributed by atoms with Crippen LogP contribution in [-0.2, 0) is 4.79 Å². The molecule has 0 bridgehead atoms. The van der Waals surface area contributed by atoms with Gasteiger partial charge in [-0.25, -0.2) is 0 Å². The Hall–Kier alpha value is -2.32. The molecule has 0 unspecified atom stereocenters. The molecule has 1 saturated heterocycles. The second kappa shape index (κ2) is 8.35. The van der Waals surface area contributed by atoms with E-state index in [0.29, 0.717) is 12.1 Å². The van der Waals surface area contributed by atoms with Crippen LogP contribution < -0.4 is 5.32 Å². The number of carbonyl (C=O) groups is 1. The molecule has 0 aromatic heterocycles. The number of nitrogens with one attached hydrogen (secondary N) is 1. The summed E-state index contributed by atoms with van der Waals surface area (Å²) >= 11 is 0. The smallest absolute Gasteiger partial charge is 0.261 e. The van der Waals surface area contributed by atoms with Gasteiger partial charge in [0, 0.05) is 13.1 Å². The summed E-state index contributed by atoms with van der Waals surface area (Å²) in [7, 11) is 0. The monoisotopic (exact) mass is 313 g/mol. The highest BCUT2D eigenvalue weighted by Gasteiger charge is 2.15. The van der Waals surface area contributed by atoms with Crippen LogP contribution in [0.4, 0.5) is 0 Å². The van der Waals surface area contributed by atoms with Gasteiger partial charge in [-0.2, -0.15) is 5.26 Å². The average molecular weight is 313 g/mol. The fourth-order valence-corrected chi connectivity index (χ4v) is 2.59. The Morgan fingerprint density at radius 1 is 1.39 bits per heavy atom. The summed E-state index contributed by atoms with van der Waals surface area (Å²) in [6, 6.07) is 8.30. The molecule has 1 fully saturated rings. The molecule has 0 aliphatic carbocycles. The number of phenolic OH excluding ortho intramolecular Hbond substituents is 1. The Kier molecular flexibility index (Phi) is 6.19. The molecule has 1 aliphatic heterocycles. The van der Waals surface area contributed by atoms with E-state index in [1.54, 1.807) is 12.1 Å². The summed E-state index contributed by atoms with van der Waals surface area (Å²) in [5.74, 6) is 0.589. The van der Waals surface area contributed by atoms with Gasteiger partial charge in [-0.1, -0.05) is 19.1 Å². The zero-order valence-corrected chi connectivity index (χ0v) is 13.5. The van der Waals surface area contributed by atoms with Crippen molar-refractivity contribution in [3.63, 3.8) is 0 Å². The number of rotatable bonds is 5. The van der Waals surface area contributed by atoms with Crippen LogP contribution in [-0.4, -0.2) is 42.1 Å². The van der Waals surface area contributed by atoms with Crippen molar-refractivity contribution in [3.05, 3.63) is 35.4 Å². The third-order valence-electron chi connectivity index (χ3n) is 4.16. The van der Waals surface area contributed by atoms with Gasteiger partial charge >= 0.3 is 0 Å². The van der Waals surface area contributed by atoms with Crippen molar-refractivity contribution < 1.29 is 9.90 Å². The lowest BCUT2D eigenvalue weighted by Gasteiger charge is -2.30. The minimum atomic E-state index is -0.356. The van der Waals surface area contributed by atoms with Gasteiger partial charge < -0.3 is 15.3 Å². The minimum Gasteiger partial charge on any atom is -0.508 e. The Labute approximate surface area is 137 Å². The Morgan fingerprint density at radius 3 is 2.65 bits per heavy atom. The molecule has 2 N–H and O–H groups in total. The molecule has 1 aromatic carbocycles. The largest absolute Gasteiger partial charge is 0.508 e. The summed E-state index contributed by atoms with van der Waals surface area (Å²) in [5.41, 5.74) is 0.780. The van der Waals surface area contributed by atoms with E-state index in [0.717, 1.165) is 25.6 Å². The van der Waals surface area contributed by atoms with Gasteiger partial charge in [0.25, 0.3) is 5.91 Å². The maximum atomic E-state index is 12.1. The highest BCUT2D eigenvalue weighted by atomic mass is 16.3. The van der Waals surface area contributed by atoms with E-state index in [1.807, 2.05) is 6.07 Å². The van der Waals surface area contributed by atoms with Crippen molar-refractivity contribution >= 4 is 12.0 Å². The summed E-state index contributed by atoms with van der Waals surface area (Å²) in [6.07, 6.45) is 3.94. The summed E-state index contributed by atoms with van der Waals surface area (Å²) in [6.45, 7) is 5.78. The molecule has 0 radical (unpaired) electrons. The van der Waals surface area contributed by atoms with E-state index >= 15 is 0 Å². The van der Waals surface area contributed by atoms with Gasteiger partial charge in [-0.05, 0) is 55.6 Å². The Bertz CT molecular complexity index is 594. The van der Waals surface area contributed by atoms with Crippen LogP contribution in [0.3, 0.4) is 0 Å². The lowest BCUT2D eigenvalue weighted by molar-refractivity contribution is -0.117. The molecular weight excluding hydrogens is 290 g/mol. The van der Waals surface area contributed by atoms with Crippen LogP contribution in [0, 0.1) is 17.2 Å². The van der Waals surface area contributed by atoms with Gasteiger partial charge in [0.2, 0.25) is 0 Å². The quantitative estimate of drug-likeness (QED) is 0.645. The molecule has 1 aromatic rings. The molecule has 23 heavy (non-hydrogen) atoms. The fraction of sp³-hybridized carbons (Fsp3) is 0.444. The van der Waals surface area contributed by atoms with Crippen LogP contribution in [0.1, 0.15) is 25.3 Å². The summed E-state index contributed by atoms with van der Waals surface area (Å²) < 4.78 is 0. The van der Waals surface area contributed by atoms with Crippen LogP contribution in [0.15, 0.2) is 29.8 Å². The number of phenols is 1. The van der Waals surface area contributed by atoms with Crippen LogP contribution in [0.2, 0.25) is 0 Å². The van der Waals surface area contributed by atoms with Crippen molar-refractivity contribution in [2.75, 3.05) is 26.2 Å². The highest BCUT2D eigenvalue weighted by molar-refractivity contribution is 6.01. The standard InChI is InChI=1S/C18H23N3O2/c1-14-6-9-21(10-7-14)11-8-20-18(23)16(13-19)12-15-2-4-17(22)5-3-15/h2-5,12,14,22H,6-11H2,1H3,(H,20,23)/b16-12+. The normalized spacial score (nSPS) is 16.8. The first-order valence-corrected chi connectivity index (χ1v) is 8.00. The van der Waals surface area contributed by atoms with E-state index in [-0.39, 0.29) is 17.2 Å². The van der Waals surface area contributed by atoms with Crippen molar-refractivity contribution in [2.45, 2.75) is 19.8 Å². The topological polar surface area (TPSA) is 76.4 Å². The van der Waals surface area contributed by atoms with E-state index in [2.05, 4.69) is 17.1 Å². The third-order valence-corrected chi connectivity index (χ3v) is 4.16.